The van der Waals surface area contributed by atoms with Crippen LogP contribution in [0.2, 0.25) is 5.02 Å². The van der Waals surface area contributed by atoms with E-state index in [2.05, 4.69) is 15.9 Å². The third-order valence-electron chi connectivity index (χ3n) is 3.48. The number of carboxylic acid groups (broad SMARTS) is 1. The van der Waals surface area contributed by atoms with Gasteiger partial charge in [-0.15, -0.1) is 0 Å². The Balaban J connectivity index is 1.98. The minimum Gasteiger partial charge on any atom is -0.465 e. The molecule has 0 aliphatic rings. The molecular formula is C17H17BrClNO3. The number of aliphatic hydroxyl groups is 1. The van der Waals surface area contributed by atoms with E-state index in [9.17, 15) is 15.0 Å². The second-order valence-electron chi connectivity index (χ2n) is 5.18. The van der Waals surface area contributed by atoms with Crippen LogP contribution in [0.4, 0.5) is 4.79 Å². The van der Waals surface area contributed by atoms with Gasteiger partial charge in [0, 0.05) is 16.0 Å². The lowest BCUT2D eigenvalue weighted by Gasteiger charge is -2.23. The van der Waals surface area contributed by atoms with Crippen molar-refractivity contribution in [2.24, 2.45) is 0 Å². The van der Waals surface area contributed by atoms with E-state index in [-0.39, 0.29) is 6.54 Å². The van der Waals surface area contributed by atoms with Crippen LogP contribution in [-0.4, -0.2) is 34.3 Å². The topological polar surface area (TPSA) is 60.8 Å². The minimum atomic E-state index is -1.05. The largest absolute Gasteiger partial charge is 0.465 e. The third kappa shape index (κ3) is 5.53. The Bertz CT molecular complexity index is 663. The van der Waals surface area contributed by atoms with E-state index >= 15 is 0 Å². The number of hydrogen-bond acceptors (Lipinski definition) is 2. The summed E-state index contributed by atoms with van der Waals surface area (Å²) in [7, 11) is 0. The fourth-order valence-electron chi connectivity index (χ4n) is 2.21. The second-order valence-corrected chi connectivity index (χ2v) is 6.53. The molecule has 2 rings (SSSR count). The number of halogens is 2. The van der Waals surface area contributed by atoms with E-state index in [1.807, 2.05) is 24.3 Å². The Morgan fingerprint density at radius 1 is 1.22 bits per heavy atom. The van der Waals surface area contributed by atoms with Gasteiger partial charge in [-0.25, -0.2) is 4.79 Å². The SMILES string of the molecule is O=C(O)N(CCc1ccc(Br)cc1)C[C@@H](O)c1cccc(Cl)c1. The van der Waals surface area contributed by atoms with Gasteiger partial charge in [-0.2, -0.15) is 0 Å². The summed E-state index contributed by atoms with van der Waals surface area (Å²) in [5.74, 6) is 0. The number of carbonyl (C=O) groups is 1. The third-order valence-corrected chi connectivity index (χ3v) is 4.24. The molecule has 122 valence electrons. The highest BCUT2D eigenvalue weighted by atomic mass is 79.9. The molecule has 0 aromatic heterocycles. The molecule has 0 heterocycles. The first-order valence-corrected chi connectivity index (χ1v) is 8.28. The van der Waals surface area contributed by atoms with Crippen molar-refractivity contribution in [3.63, 3.8) is 0 Å². The predicted octanol–water partition coefficient (Wildman–Crippen LogP) is 4.36. The first kappa shape index (κ1) is 17.8. The summed E-state index contributed by atoms with van der Waals surface area (Å²) in [5, 5.41) is 20.1. The smallest absolute Gasteiger partial charge is 0.407 e. The number of rotatable bonds is 6. The van der Waals surface area contributed by atoms with Crippen molar-refractivity contribution in [1.82, 2.24) is 4.90 Å². The van der Waals surface area contributed by atoms with E-state index in [0.717, 1.165) is 10.0 Å². The van der Waals surface area contributed by atoms with Crippen molar-refractivity contribution in [2.45, 2.75) is 12.5 Å². The Morgan fingerprint density at radius 3 is 2.52 bits per heavy atom. The summed E-state index contributed by atoms with van der Waals surface area (Å²) in [5.41, 5.74) is 1.64. The maximum absolute atomic E-state index is 11.4. The molecular weight excluding hydrogens is 382 g/mol. The van der Waals surface area contributed by atoms with Crippen LogP contribution in [0.5, 0.6) is 0 Å². The van der Waals surface area contributed by atoms with Crippen LogP contribution >= 0.6 is 27.5 Å². The van der Waals surface area contributed by atoms with Crippen molar-refractivity contribution in [3.05, 3.63) is 69.2 Å². The Morgan fingerprint density at radius 2 is 1.91 bits per heavy atom. The first-order valence-electron chi connectivity index (χ1n) is 7.11. The maximum atomic E-state index is 11.4. The molecule has 0 aliphatic carbocycles. The molecule has 0 bridgehead atoms. The van der Waals surface area contributed by atoms with Crippen LogP contribution in [0.3, 0.4) is 0 Å². The molecule has 6 heteroatoms. The summed E-state index contributed by atoms with van der Waals surface area (Å²) in [4.78, 5) is 12.6. The molecule has 0 fully saturated rings. The molecule has 4 nitrogen and oxygen atoms in total. The van der Waals surface area contributed by atoms with Gasteiger partial charge in [-0.3, -0.25) is 0 Å². The summed E-state index contributed by atoms with van der Waals surface area (Å²) in [6.07, 6.45) is -1.38. The average Bonchev–Trinajstić information content (AvgIpc) is 2.52. The van der Waals surface area contributed by atoms with Crippen LogP contribution in [0, 0.1) is 0 Å². The molecule has 1 amide bonds. The van der Waals surface area contributed by atoms with Crippen LogP contribution in [-0.2, 0) is 6.42 Å². The van der Waals surface area contributed by atoms with E-state index in [0.29, 0.717) is 23.6 Å². The van der Waals surface area contributed by atoms with Crippen LogP contribution in [0.1, 0.15) is 17.2 Å². The number of nitrogens with zero attached hydrogens (tertiary/aromatic N) is 1. The monoisotopic (exact) mass is 397 g/mol. The predicted molar refractivity (Wildman–Crippen MR) is 93.9 cm³/mol. The summed E-state index contributed by atoms with van der Waals surface area (Å²) < 4.78 is 0.979. The molecule has 2 aromatic carbocycles. The van der Waals surface area contributed by atoms with Gasteiger partial charge in [0.1, 0.15) is 0 Å². The zero-order valence-corrected chi connectivity index (χ0v) is 14.7. The Labute approximate surface area is 148 Å². The number of benzene rings is 2. The lowest BCUT2D eigenvalue weighted by atomic mass is 10.1. The summed E-state index contributed by atoms with van der Waals surface area (Å²) >= 11 is 9.26. The standard InChI is InChI=1S/C17H17BrClNO3/c18-14-6-4-12(5-7-14)8-9-20(17(22)23)11-16(21)13-2-1-3-15(19)10-13/h1-7,10,16,21H,8-9,11H2,(H,22,23)/t16-/m1/s1. The number of amides is 1. The van der Waals surface area contributed by atoms with Gasteiger partial charge < -0.3 is 15.1 Å². The van der Waals surface area contributed by atoms with Crippen molar-refractivity contribution in [3.8, 4) is 0 Å². The normalized spacial score (nSPS) is 12.0. The van der Waals surface area contributed by atoms with E-state index in [1.165, 1.54) is 4.90 Å². The van der Waals surface area contributed by atoms with E-state index in [4.69, 9.17) is 11.6 Å². The lowest BCUT2D eigenvalue weighted by molar-refractivity contribution is 0.0973. The fourth-order valence-corrected chi connectivity index (χ4v) is 2.67. The van der Waals surface area contributed by atoms with Gasteiger partial charge in [-0.05, 0) is 41.8 Å². The molecule has 2 N–H and O–H groups in total. The highest BCUT2D eigenvalue weighted by Gasteiger charge is 2.18. The first-order chi connectivity index (χ1) is 11.0. The molecule has 0 saturated carbocycles. The van der Waals surface area contributed by atoms with Crippen molar-refractivity contribution in [2.75, 3.05) is 13.1 Å². The number of aliphatic hydroxyl groups excluding tert-OH is 1. The molecule has 2 aromatic rings. The summed E-state index contributed by atoms with van der Waals surface area (Å²) in [6.45, 7) is 0.320. The van der Waals surface area contributed by atoms with E-state index in [1.54, 1.807) is 24.3 Å². The quantitative estimate of drug-likeness (QED) is 0.760. The average molecular weight is 399 g/mol. The minimum absolute atomic E-state index is 0.00615. The van der Waals surface area contributed by atoms with Crippen LogP contribution in [0.25, 0.3) is 0 Å². The van der Waals surface area contributed by atoms with Gasteiger partial charge >= 0.3 is 6.09 Å². The van der Waals surface area contributed by atoms with Gasteiger partial charge in [0.05, 0.1) is 12.6 Å². The molecule has 1 atom stereocenters. The van der Waals surface area contributed by atoms with Gasteiger partial charge in [0.15, 0.2) is 0 Å². The lowest BCUT2D eigenvalue weighted by Crippen LogP contribution is -2.35. The molecule has 0 radical (unpaired) electrons. The second kappa shape index (κ2) is 8.34. The van der Waals surface area contributed by atoms with E-state index < -0.39 is 12.2 Å². The molecule has 0 aliphatic heterocycles. The fraction of sp³-hybridized carbons (Fsp3) is 0.235. The van der Waals surface area contributed by atoms with Gasteiger partial charge in [0.25, 0.3) is 0 Å². The van der Waals surface area contributed by atoms with Gasteiger partial charge in [-0.1, -0.05) is 51.8 Å². The maximum Gasteiger partial charge on any atom is 0.407 e. The molecule has 0 unspecified atom stereocenters. The van der Waals surface area contributed by atoms with Crippen molar-refractivity contribution >= 4 is 33.6 Å². The molecule has 23 heavy (non-hydrogen) atoms. The Hall–Kier alpha value is -1.56. The van der Waals surface area contributed by atoms with Crippen LogP contribution < -0.4 is 0 Å². The van der Waals surface area contributed by atoms with Crippen molar-refractivity contribution < 1.29 is 15.0 Å². The van der Waals surface area contributed by atoms with Crippen LogP contribution in [0.15, 0.2) is 53.0 Å². The van der Waals surface area contributed by atoms with Crippen molar-refractivity contribution in [1.29, 1.82) is 0 Å². The number of hydrogen-bond donors (Lipinski definition) is 2. The summed E-state index contributed by atoms with van der Waals surface area (Å²) in [6, 6.07) is 14.5. The molecule has 0 saturated heterocycles. The Kier molecular flexibility index (Phi) is 6.45. The highest BCUT2D eigenvalue weighted by Crippen LogP contribution is 2.19. The van der Waals surface area contributed by atoms with Gasteiger partial charge in [0.2, 0.25) is 0 Å². The zero-order valence-electron chi connectivity index (χ0n) is 12.3. The molecule has 0 spiro atoms. The highest BCUT2D eigenvalue weighted by molar-refractivity contribution is 9.10. The zero-order chi connectivity index (χ0) is 16.8.